The summed E-state index contributed by atoms with van der Waals surface area (Å²) < 4.78 is 18.7. The summed E-state index contributed by atoms with van der Waals surface area (Å²) in [5.74, 6) is 1.65. The van der Waals surface area contributed by atoms with E-state index in [0.717, 1.165) is 37.8 Å². The minimum absolute atomic E-state index is 0.0302. The van der Waals surface area contributed by atoms with Gasteiger partial charge in [0.15, 0.2) is 0 Å². The first-order valence-corrected chi connectivity index (χ1v) is 9.58. The van der Waals surface area contributed by atoms with Crippen molar-refractivity contribution in [1.82, 2.24) is 4.90 Å². The minimum atomic E-state index is -0.253. The second-order valence-electron chi connectivity index (χ2n) is 7.68. The summed E-state index contributed by atoms with van der Waals surface area (Å²) in [5, 5.41) is 9.60. The maximum Gasteiger partial charge on any atom is 0.254 e. The fraction of sp³-hybridized carbons (Fsp3) is 0.409. The highest BCUT2D eigenvalue weighted by Crippen LogP contribution is 2.33. The van der Waals surface area contributed by atoms with Crippen molar-refractivity contribution >= 4 is 5.91 Å². The lowest BCUT2D eigenvalue weighted by Gasteiger charge is -2.31. The molecule has 0 saturated heterocycles. The van der Waals surface area contributed by atoms with Crippen molar-refractivity contribution in [2.45, 2.75) is 32.2 Å². The number of hydrogen-bond acceptors (Lipinski definition) is 3. The van der Waals surface area contributed by atoms with Gasteiger partial charge in [0.1, 0.15) is 17.3 Å². The number of halogens is 1. The zero-order valence-corrected chi connectivity index (χ0v) is 15.2. The molecule has 1 aliphatic carbocycles. The monoisotopic (exact) mass is 369 g/mol. The first kappa shape index (κ1) is 17.8. The number of ether oxygens (including phenoxy) is 1. The third-order valence-electron chi connectivity index (χ3n) is 5.72. The standard InChI is InChI=1S/C22H24FNO3/c23-18-6-9-20(10-7-18)27-14-16-3-1-15(2-4-16)12-24-13-17-5-8-19(25)11-21(17)22(24)26/h5-11,15-16,25H,1-4,12-14H2. The number of benzene rings is 2. The van der Waals surface area contributed by atoms with E-state index in [4.69, 9.17) is 4.74 Å². The largest absolute Gasteiger partial charge is 0.508 e. The maximum absolute atomic E-state index is 12.9. The van der Waals surface area contributed by atoms with Crippen molar-refractivity contribution in [2.24, 2.45) is 11.8 Å². The van der Waals surface area contributed by atoms with Crippen LogP contribution in [0.2, 0.25) is 0 Å². The fourth-order valence-corrected chi connectivity index (χ4v) is 4.13. The smallest absolute Gasteiger partial charge is 0.254 e. The average molecular weight is 369 g/mol. The number of phenols is 1. The van der Waals surface area contributed by atoms with Crippen LogP contribution in [0.15, 0.2) is 42.5 Å². The van der Waals surface area contributed by atoms with E-state index in [9.17, 15) is 14.3 Å². The fourth-order valence-electron chi connectivity index (χ4n) is 4.13. The molecule has 1 N–H and O–H groups in total. The zero-order valence-electron chi connectivity index (χ0n) is 15.2. The van der Waals surface area contributed by atoms with Crippen molar-refractivity contribution < 1.29 is 19.0 Å². The normalized spacial score (nSPS) is 22.0. The van der Waals surface area contributed by atoms with Crippen LogP contribution in [0.3, 0.4) is 0 Å². The molecule has 0 spiro atoms. The Bertz CT molecular complexity index is 813. The molecule has 1 aliphatic heterocycles. The molecule has 2 aliphatic rings. The Hall–Kier alpha value is -2.56. The Labute approximate surface area is 158 Å². The lowest BCUT2D eigenvalue weighted by molar-refractivity contribution is 0.0721. The number of hydrogen-bond donors (Lipinski definition) is 1. The van der Waals surface area contributed by atoms with Gasteiger partial charge in [-0.25, -0.2) is 4.39 Å². The summed E-state index contributed by atoms with van der Waals surface area (Å²) in [6.45, 7) is 2.08. The highest BCUT2D eigenvalue weighted by molar-refractivity contribution is 5.98. The van der Waals surface area contributed by atoms with Crippen LogP contribution in [-0.4, -0.2) is 29.1 Å². The van der Waals surface area contributed by atoms with Gasteiger partial charge in [-0.15, -0.1) is 0 Å². The Morgan fingerprint density at radius 3 is 2.48 bits per heavy atom. The van der Waals surface area contributed by atoms with Crippen LogP contribution in [0.5, 0.6) is 11.5 Å². The lowest BCUT2D eigenvalue weighted by Crippen LogP contribution is -2.32. The predicted octanol–water partition coefficient (Wildman–Crippen LogP) is 4.37. The molecule has 0 radical (unpaired) electrons. The van der Waals surface area contributed by atoms with E-state index in [2.05, 4.69) is 0 Å². The van der Waals surface area contributed by atoms with Gasteiger partial charge in [-0.2, -0.15) is 0 Å². The van der Waals surface area contributed by atoms with E-state index in [1.54, 1.807) is 24.3 Å². The van der Waals surface area contributed by atoms with E-state index in [1.807, 2.05) is 11.0 Å². The second kappa shape index (κ2) is 7.59. The van der Waals surface area contributed by atoms with E-state index in [-0.39, 0.29) is 17.5 Å². The SMILES string of the molecule is O=C1c2cc(O)ccc2CN1CC1CCC(COc2ccc(F)cc2)CC1. The number of carbonyl (C=O) groups is 1. The van der Waals surface area contributed by atoms with Gasteiger partial charge in [-0.05, 0) is 79.5 Å². The Balaban J connectivity index is 1.24. The molecule has 142 valence electrons. The molecule has 1 saturated carbocycles. The molecule has 27 heavy (non-hydrogen) atoms. The van der Waals surface area contributed by atoms with Gasteiger partial charge in [0.25, 0.3) is 5.91 Å². The molecule has 0 unspecified atom stereocenters. The van der Waals surface area contributed by atoms with Crippen LogP contribution < -0.4 is 4.74 Å². The van der Waals surface area contributed by atoms with Gasteiger partial charge in [0.05, 0.1) is 6.61 Å². The van der Waals surface area contributed by atoms with Crippen molar-refractivity contribution in [3.8, 4) is 11.5 Å². The van der Waals surface area contributed by atoms with Crippen LogP contribution >= 0.6 is 0 Å². The molecule has 0 atom stereocenters. The highest BCUT2D eigenvalue weighted by atomic mass is 19.1. The highest BCUT2D eigenvalue weighted by Gasteiger charge is 2.31. The molecule has 1 heterocycles. The lowest BCUT2D eigenvalue weighted by atomic mass is 9.82. The topological polar surface area (TPSA) is 49.8 Å². The molecule has 0 bridgehead atoms. The first-order chi connectivity index (χ1) is 13.1. The molecule has 1 amide bonds. The zero-order chi connectivity index (χ0) is 18.8. The third-order valence-corrected chi connectivity index (χ3v) is 5.72. The minimum Gasteiger partial charge on any atom is -0.508 e. The average Bonchev–Trinajstić information content (AvgIpc) is 2.98. The van der Waals surface area contributed by atoms with Gasteiger partial charge in [-0.1, -0.05) is 6.07 Å². The predicted molar refractivity (Wildman–Crippen MR) is 100 cm³/mol. The Morgan fingerprint density at radius 1 is 1.04 bits per heavy atom. The van der Waals surface area contributed by atoms with Gasteiger partial charge in [-0.3, -0.25) is 4.79 Å². The molecule has 0 aromatic heterocycles. The number of aromatic hydroxyl groups is 1. The van der Waals surface area contributed by atoms with Gasteiger partial charge in [0.2, 0.25) is 0 Å². The maximum atomic E-state index is 12.9. The Kier molecular flexibility index (Phi) is 5.01. The van der Waals surface area contributed by atoms with E-state index in [1.165, 1.54) is 12.1 Å². The molecule has 2 aromatic carbocycles. The number of phenolic OH excluding ortho intramolecular Hbond substituents is 1. The molecule has 2 aromatic rings. The quantitative estimate of drug-likeness (QED) is 0.851. The molecule has 5 heteroatoms. The van der Waals surface area contributed by atoms with Gasteiger partial charge >= 0.3 is 0 Å². The van der Waals surface area contributed by atoms with Crippen LogP contribution in [0.25, 0.3) is 0 Å². The van der Waals surface area contributed by atoms with E-state index in [0.29, 0.717) is 36.3 Å². The van der Waals surface area contributed by atoms with Crippen molar-refractivity contribution in [3.63, 3.8) is 0 Å². The summed E-state index contributed by atoms with van der Waals surface area (Å²) in [6.07, 6.45) is 4.34. The van der Waals surface area contributed by atoms with E-state index >= 15 is 0 Å². The summed E-state index contributed by atoms with van der Waals surface area (Å²) in [4.78, 5) is 14.4. The molecule has 1 fully saturated rings. The van der Waals surface area contributed by atoms with E-state index < -0.39 is 0 Å². The van der Waals surface area contributed by atoms with Crippen LogP contribution in [-0.2, 0) is 6.54 Å². The van der Waals surface area contributed by atoms with Crippen molar-refractivity contribution in [1.29, 1.82) is 0 Å². The van der Waals surface area contributed by atoms with Gasteiger partial charge in [0, 0.05) is 18.7 Å². The first-order valence-electron chi connectivity index (χ1n) is 9.58. The second-order valence-corrected chi connectivity index (χ2v) is 7.68. The van der Waals surface area contributed by atoms with Crippen LogP contribution in [0.1, 0.15) is 41.6 Å². The summed E-state index contributed by atoms with van der Waals surface area (Å²) in [5.41, 5.74) is 1.63. The summed E-state index contributed by atoms with van der Waals surface area (Å²) >= 11 is 0. The Morgan fingerprint density at radius 2 is 1.74 bits per heavy atom. The summed E-state index contributed by atoms with van der Waals surface area (Å²) in [6, 6.07) is 11.2. The van der Waals surface area contributed by atoms with Crippen LogP contribution in [0.4, 0.5) is 4.39 Å². The molecule has 4 rings (SSSR count). The van der Waals surface area contributed by atoms with Crippen LogP contribution in [0, 0.1) is 17.7 Å². The van der Waals surface area contributed by atoms with Crippen molar-refractivity contribution in [3.05, 3.63) is 59.4 Å². The number of amides is 1. The third kappa shape index (κ3) is 4.07. The molecular formula is C22H24FNO3. The van der Waals surface area contributed by atoms with Crippen molar-refractivity contribution in [2.75, 3.05) is 13.2 Å². The number of fused-ring (bicyclic) bond motifs is 1. The number of nitrogens with zero attached hydrogens (tertiary/aromatic N) is 1. The molecular weight excluding hydrogens is 345 g/mol. The number of carbonyl (C=O) groups excluding carboxylic acids is 1. The number of rotatable bonds is 5. The summed E-state index contributed by atoms with van der Waals surface area (Å²) in [7, 11) is 0. The molecule has 4 nitrogen and oxygen atoms in total. The van der Waals surface area contributed by atoms with Gasteiger partial charge < -0.3 is 14.7 Å².